The molecule has 0 spiro atoms. The number of fused-ring (bicyclic) bond motifs is 1. The topological polar surface area (TPSA) is 69.4 Å². The Kier molecular flexibility index (Phi) is 7.78. The molecule has 3 aromatic heterocycles. The number of aromatic nitrogens is 4. The fourth-order valence-corrected chi connectivity index (χ4v) is 6.63. The second-order valence-electron chi connectivity index (χ2n) is 12.5. The monoisotopic (exact) mass is 573 g/mol. The molecular formula is C37H40FN5. The molecule has 5 nitrogen and oxygen atoms in total. The average molecular weight is 574 g/mol. The minimum Gasteiger partial charge on any atom is -0.379 e. The lowest BCUT2D eigenvalue weighted by atomic mass is 9.76. The summed E-state index contributed by atoms with van der Waals surface area (Å²) in [5, 5.41) is 14.2. The van der Waals surface area contributed by atoms with Gasteiger partial charge in [0, 0.05) is 39.6 Å². The summed E-state index contributed by atoms with van der Waals surface area (Å²) >= 11 is 0. The molecule has 6 rings (SSSR count). The van der Waals surface area contributed by atoms with Crippen molar-refractivity contribution in [2.45, 2.75) is 65.3 Å². The highest BCUT2D eigenvalue weighted by molar-refractivity contribution is 5.98. The number of benzene rings is 2. The van der Waals surface area contributed by atoms with E-state index >= 15 is 0 Å². The molecule has 1 aliphatic carbocycles. The lowest BCUT2D eigenvalue weighted by Gasteiger charge is -2.38. The van der Waals surface area contributed by atoms with Crippen LogP contribution in [0.3, 0.4) is 0 Å². The van der Waals surface area contributed by atoms with E-state index in [1.165, 1.54) is 32.1 Å². The Balaban J connectivity index is 1.36. The van der Waals surface area contributed by atoms with E-state index < -0.39 is 0 Å². The number of hydrogen-bond donors (Lipinski definition) is 3. The van der Waals surface area contributed by atoms with Crippen molar-refractivity contribution in [1.29, 1.82) is 0 Å². The van der Waals surface area contributed by atoms with Gasteiger partial charge in [0.1, 0.15) is 11.5 Å². The van der Waals surface area contributed by atoms with Gasteiger partial charge in [0.15, 0.2) is 0 Å². The summed E-state index contributed by atoms with van der Waals surface area (Å²) in [7, 11) is 0. The Morgan fingerprint density at radius 3 is 2.65 bits per heavy atom. The van der Waals surface area contributed by atoms with Gasteiger partial charge < -0.3 is 10.3 Å². The third kappa shape index (κ3) is 5.92. The highest BCUT2D eigenvalue weighted by Crippen LogP contribution is 2.35. The van der Waals surface area contributed by atoms with E-state index in [-0.39, 0.29) is 11.4 Å². The lowest BCUT2D eigenvalue weighted by Crippen LogP contribution is -2.40. The number of anilines is 1. The molecule has 0 amide bonds. The van der Waals surface area contributed by atoms with Crippen molar-refractivity contribution >= 4 is 34.8 Å². The summed E-state index contributed by atoms with van der Waals surface area (Å²) in [5.41, 5.74) is 8.40. The van der Waals surface area contributed by atoms with Crippen LogP contribution in [0.5, 0.6) is 0 Å². The van der Waals surface area contributed by atoms with Crippen molar-refractivity contribution in [1.82, 2.24) is 20.2 Å². The average Bonchev–Trinajstić information content (AvgIpc) is 3.58. The summed E-state index contributed by atoms with van der Waals surface area (Å²) < 4.78 is 14.3. The van der Waals surface area contributed by atoms with Gasteiger partial charge in [-0.2, -0.15) is 5.10 Å². The van der Waals surface area contributed by atoms with Crippen molar-refractivity contribution in [3.63, 3.8) is 0 Å². The number of aryl methyl sites for hydroxylation is 1. The zero-order valence-electron chi connectivity index (χ0n) is 25.5. The van der Waals surface area contributed by atoms with Crippen molar-refractivity contribution in [3.8, 4) is 22.5 Å². The molecule has 1 fully saturated rings. The molecule has 43 heavy (non-hydrogen) atoms. The molecule has 0 radical (unpaired) electrons. The van der Waals surface area contributed by atoms with Crippen molar-refractivity contribution in [3.05, 3.63) is 94.5 Å². The van der Waals surface area contributed by atoms with E-state index in [0.717, 1.165) is 66.4 Å². The number of nitrogens with zero attached hydrogens (tertiary/aromatic N) is 2. The van der Waals surface area contributed by atoms with Gasteiger partial charge in [-0.05, 0) is 105 Å². The normalized spacial score (nSPS) is 15.4. The molecule has 0 saturated heterocycles. The zero-order valence-corrected chi connectivity index (χ0v) is 25.5. The summed E-state index contributed by atoms with van der Waals surface area (Å²) in [6.07, 6.45) is 14.6. The first kappa shape index (κ1) is 28.7. The smallest absolute Gasteiger partial charge is 0.124 e. The number of allylic oxidation sites excluding steroid dienone is 2. The quantitative estimate of drug-likeness (QED) is 0.184. The van der Waals surface area contributed by atoms with Gasteiger partial charge in [0.05, 0.1) is 16.7 Å². The number of pyridine rings is 1. The van der Waals surface area contributed by atoms with Crippen molar-refractivity contribution < 1.29 is 4.39 Å². The Morgan fingerprint density at radius 1 is 1.07 bits per heavy atom. The maximum absolute atomic E-state index is 14.3. The summed E-state index contributed by atoms with van der Waals surface area (Å²) in [6, 6.07) is 15.5. The summed E-state index contributed by atoms with van der Waals surface area (Å²) in [4.78, 5) is 8.14. The highest BCUT2D eigenvalue weighted by Gasteiger charge is 2.30. The Bertz CT molecular complexity index is 1900. The standard InChI is InChI=1S/C37H40FN5/c1-6-25(27-18-30(22-39-21-27)41-37(4,5)28-11-8-7-9-12-28)19-32-24(3)42-43-36(32)35-20-33-31(13-10-14-34(33)40-35)26-15-23(2)16-29(38)17-26/h6,10,13-22,28,40-42H,3,7-9,11-12H2,1-2,4-5H3/b25-6+,32-19+. The number of H-pyrrole nitrogens is 2. The number of aromatic amines is 2. The lowest BCUT2D eigenvalue weighted by molar-refractivity contribution is 0.258. The van der Waals surface area contributed by atoms with Crippen molar-refractivity contribution in [2.24, 2.45) is 5.92 Å². The Morgan fingerprint density at radius 2 is 1.88 bits per heavy atom. The van der Waals surface area contributed by atoms with Gasteiger partial charge in [-0.3, -0.25) is 10.1 Å². The van der Waals surface area contributed by atoms with Gasteiger partial charge >= 0.3 is 0 Å². The molecule has 5 aromatic rings. The number of nitrogens with one attached hydrogen (secondary N) is 3. The molecule has 2 aromatic carbocycles. The molecule has 1 aliphatic rings. The molecule has 0 aliphatic heterocycles. The summed E-state index contributed by atoms with van der Waals surface area (Å²) in [6.45, 7) is 12.8. The van der Waals surface area contributed by atoms with Crippen LogP contribution in [0, 0.1) is 18.7 Å². The minimum absolute atomic E-state index is 0.00252. The molecule has 0 atom stereocenters. The fraction of sp³-hybridized carbons (Fsp3) is 0.297. The maximum atomic E-state index is 14.3. The summed E-state index contributed by atoms with van der Waals surface area (Å²) in [5.74, 6) is 0.417. The minimum atomic E-state index is -0.237. The number of rotatable bonds is 7. The highest BCUT2D eigenvalue weighted by atomic mass is 19.1. The van der Waals surface area contributed by atoms with Gasteiger partial charge in [-0.15, -0.1) is 0 Å². The molecule has 3 N–H and O–H groups in total. The Labute approximate surface area is 252 Å². The number of hydrogen-bond acceptors (Lipinski definition) is 3. The molecule has 0 bridgehead atoms. The van der Waals surface area contributed by atoms with Crippen LogP contribution >= 0.6 is 0 Å². The van der Waals surface area contributed by atoms with Gasteiger partial charge in [0.25, 0.3) is 0 Å². The van der Waals surface area contributed by atoms with Crippen molar-refractivity contribution in [2.75, 3.05) is 5.32 Å². The van der Waals surface area contributed by atoms with E-state index in [2.05, 4.69) is 70.2 Å². The van der Waals surface area contributed by atoms with Gasteiger partial charge in [0.2, 0.25) is 0 Å². The molecule has 6 heteroatoms. The molecule has 0 unspecified atom stereocenters. The molecule has 3 heterocycles. The van der Waals surface area contributed by atoms with Crippen LogP contribution in [0.4, 0.5) is 10.1 Å². The van der Waals surface area contributed by atoms with Crippen LogP contribution in [0.15, 0.2) is 67.0 Å². The first-order chi connectivity index (χ1) is 20.7. The molecular weight excluding hydrogens is 533 g/mol. The molecule has 220 valence electrons. The van der Waals surface area contributed by atoms with E-state index in [0.29, 0.717) is 5.92 Å². The van der Waals surface area contributed by atoms with E-state index in [4.69, 9.17) is 0 Å². The Hall–Kier alpha value is -4.45. The largest absolute Gasteiger partial charge is 0.379 e. The predicted molar refractivity (Wildman–Crippen MR) is 177 cm³/mol. The number of halogens is 1. The van der Waals surface area contributed by atoms with E-state index in [9.17, 15) is 4.39 Å². The van der Waals surface area contributed by atoms with E-state index in [1.807, 2.05) is 50.5 Å². The second-order valence-corrected chi connectivity index (χ2v) is 12.5. The maximum Gasteiger partial charge on any atom is 0.124 e. The van der Waals surface area contributed by atoms with Crippen LogP contribution in [0.25, 0.3) is 51.6 Å². The zero-order chi connectivity index (χ0) is 30.1. The predicted octanol–water partition coefficient (Wildman–Crippen LogP) is 8.13. The van der Waals surface area contributed by atoms with Crippen LogP contribution in [0.2, 0.25) is 0 Å². The van der Waals surface area contributed by atoms with Crippen LogP contribution in [-0.4, -0.2) is 25.7 Å². The first-order valence-corrected chi connectivity index (χ1v) is 15.3. The SMILES string of the molecule is C=c1[nH]nc(-c2cc3c(-c4cc(C)cc(F)c4)cccc3[nH]2)/c1=C/C(=C\C)c1cncc(NC(C)(C)C2CCCCC2)c1. The second kappa shape index (κ2) is 11.7. The third-order valence-electron chi connectivity index (χ3n) is 8.93. The van der Waals surface area contributed by atoms with E-state index in [1.54, 1.807) is 12.1 Å². The van der Waals surface area contributed by atoms with Crippen LogP contribution in [0.1, 0.15) is 64.0 Å². The van der Waals surface area contributed by atoms with Gasteiger partial charge in [-0.25, -0.2) is 4.39 Å². The van der Waals surface area contributed by atoms with Gasteiger partial charge in [-0.1, -0.05) is 50.1 Å². The third-order valence-corrected chi connectivity index (χ3v) is 8.93. The van der Waals surface area contributed by atoms with Crippen LogP contribution < -0.4 is 15.9 Å². The fourth-order valence-electron chi connectivity index (χ4n) is 6.63. The molecule has 1 saturated carbocycles. The first-order valence-electron chi connectivity index (χ1n) is 15.3. The van der Waals surface area contributed by atoms with Crippen LogP contribution in [-0.2, 0) is 0 Å².